The highest BCUT2D eigenvalue weighted by atomic mass is 16.3. The van der Waals surface area contributed by atoms with Crippen molar-refractivity contribution in [3.63, 3.8) is 0 Å². The average molecular weight is 302 g/mol. The second-order valence-corrected chi connectivity index (χ2v) is 5.35. The van der Waals surface area contributed by atoms with E-state index in [1.807, 2.05) is 13.8 Å². The van der Waals surface area contributed by atoms with E-state index in [2.05, 4.69) is 16.0 Å². The van der Waals surface area contributed by atoms with Crippen molar-refractivity contribution in [2.24, 2.45) is 11.7 Å². The molecule has 0 aromatic heterocycles. The molecule has 21 heavy (non-hydrogen) atoms. The lowest BCUT2D eigenvalue weighted by atomic mass is 10.0. The van der Waals surface area contributed by atoms with Crippen LogP contribution in [0.15, 0.2) is 0 Å². The molecule has 8 heteroatoms. The zero-order chi connectivity index (χ0) is 16.6. The quantitative estimate of drug-likeness (QED) is 0.357. The third kappa shape index (κ3) is 7.62. The maximum atomic E-state index is 12.0. The fourth-order valence-corrected chi connectivity index (χ4v) is 1.57. The summed E-state index contributed by atoms with van der Waals surface area (Å²) in [5.74, 6) is -1.24. The minimum atomic E-state index is -1.11. The highest BCUT2D eigenvalue weighted by Crippen LogP contribution is 2.05. The first-order valence-electron chi connectivity index (χ1n) is 6.91. The molecule has 0 aliphatic rings. The van der Waals surface area contributed by atoms with Gasteiger partial charge in [-0.3, -0.25) is 14.4 Å². The van der Waals surface area contributed by atoms with Crippen LogP contribution >= 0.6 is 0 Å². The Kier molecular flexibility index (Phi) is 8.56. The molecule has 6 N–H and O–H groups in total. The van der Waals surface area contributed by atoms with E-state index in [0.717, 1.165) is 0 Å². The van der Waals surface area contributed by atoms with Crippen molar-refractivity contribution in [2.75, 3.05) is 13.6 Å². The molecular weight excluding hydrogens is 276 g/mol. The first-order chi connectivity index (χ1) is 9.68. The maximum absolute atomic E-state index is 12.0. The maximum Gasteiger partial charge on any atom is 0.243 e. The Hall–Kier alpha value is -1.67. The lowest BCUT2D eigenvalue weighted by Crippen LogP contribution is -2.55. The van der Waals surface area contributed by atoms with Gasteiger partial charge >= 0.3 is 0 Å². The first kappa shape index (κ1) is 19.3. The van der Waals surface area contributed by atoms with Gasteiger partial charge in [-0.25, -0.2) is 0 Å². The Balaban J connectivity index is 4.67. The van der Waals surface area contributed by atoms with Crippen LogP contribution in [0.3, 0.4) is 0 Å². The molecule has 0 rings (SSSR count). The SMILES string of the molecule is CNC(=O)CNC(=O)[C@H](CC(C)C)NC(=O)[C@@H](N)[C@@H](C)O. The molecule has 0 aliphatic carbocycles. The van der Waals surface area contributed by atoms with Crippen molar-refractivity contribution in [1.29, 1.82) is 0 Å². The predicted molar refractivity (Wildman–Crippen MR) is 78.1 cm³/mol. The monoisotopic (exact) mass is 302 g/mol. The molecule has 0 unspecified atom stereocenters. The second kappa shape index (κ2) is 9.30. The normalized spacial score (nSPS) is 15.0. The number of likely N-dealkylation sites (N-methyl/N-ethyl adjacent to an activating group) is 1. The number of hydrogen-bond donors (Lipinski definition) is 5. The molecule has 0 saturated heterocycles. The summed E-state index contributed by atoms with van der Waals surface area (Å²) < 4.78 is 0. The number of carbonyl (C=O) groups is 3. The van der Waals surface area contributed by atoms with Crippen LogP contribution in [0.5, 0.6) is 0 Å². The molecule has 122 valence electrons. The Labute approximate surface area is 124 Å². The molecule has 3 atom stereocenters. The Morgan fingerprint density at radius 3 is 2.14 bits per heavy atom. The standard InChI is InChI=1S/C13H26N4O4/c1-7(2)5-9(12(20)16-6-10(19)15-4)17-13(21)11(14)8(3)18/h7-9,11,18H,5-6,14H2,1-4H3,(H,15,19)(H,16,20)(H,17,21)/t8-,9+,11+/m1/s1. The van der Waals surface area contributed by atoms with Gasteiger partial charge in [0.2, 0.25) is 17.7 Å². The van der Waals surface area contributed by atoms with Crippen LogP contribution in [-0.2, 0) is 14.4 Å². The van der Waals surface area contributed by atoms with Crippen molar-refractivity contribution >= 4 is 17.7 Å². The molecule has 0 heterocycles. The molecule has 3 amide bonds. The van der Waals surface area contributed by atoms with Crippen LogP contribution in [-0.4, -0.2) is 54.6 Å². The van der Waals surface area contributed by atoms with Gasteiger partial charge in [-0.2, -0.15) is 0 Å². The van der Waals surface area contributed by atoms with Gasteiger partial charge in [0, 0.05) is 7.05 Å². The zero-order valence-corrected chi connectivity index (χ0v) is 13.0. The van der Waals surface area contributed by atoms with Crippen molar-refractivity contribution < 1.29 is 19.5 Å². The Bertz CT molecular complexity index is 371. The second-order valence-electron chi connectivity index (χ2n) is 5.35. The summed E-state index contributed by atoms with van der Waals surface area (Å²) in [6.45, 7) is 5.04. The van der Waals surface area contributed by atoms with Crippen LogP contribution in [0.25, 0.3) is 0 Å². The number of carbonyl (C=O) groups excluding carboxylic acids is 3. The number of aliphatic hydroxyl groups excluding tert-OH is 1. The summed E-state index contributed by atoms with van der Waals surface area (Å²) in [7, 11) is 1.46. The van der Waals surface area contributed by atoms with Crippen molar-refractivity contribution in [2.45, 2.75) is 45.4 Å². The summed E-state index contributed by atoms with van der Waals surface area (Å²) >= 11 is 0. The molecule has 0 spiro atoms. The number of aliphatic hydroxyl groups is 1. The van der Waals surface area contributed by atoms with Gasteiger partial charge in [0.05, 0.1) is 12.6 Å². The molecule has 0 radical (unpaired) electrons. The molecule has 0 saturated carbocycles. The minimum absolute atomic E-state index is 0.156. The molecule has 8 nitrogen and oxygen atoms in total. The summed E-state index contributed by atoms with van der Waals surface area (Å²) in [6, 6.07) is -1.90. The third-order valence-corrected chi connectivity index (χ3v) is 2.86. The van der Waals surface area contributed by atoms with E-state index in [1.165, 1.54) is 14.0 Å². The number of hydrogen-bond acceptors (Lipinski definition) is 5. The lowest BCUT2D eigenvalue weighted by Gasteiger charge is -2.22. The van der Waals surface area contributed by atoms with Crippen molar-refractivity contribution in [3.8, 4) is 0 Å². The van der Waals surface area contributed by atoms with Gasteiger partial charge in [0.25, 0.3) is 0 Å². The summed E-state index contributed by atoms with van der Waals surface area (Å²) in [4.78, 5) is 35.0. The topological polar surface area (TPSA) is 134 Å². The van der Waals surface area contributed by atoms with Crippen LogP contribution in [0.4, 0.5) is 0 Å². The average Bonchev–Trinajstić information content (AvgIpc) is 2.41. The molecule has 0 aliphatic heterocycles. The van der Waals surface area contributed by atoms with Crippen molar-refractivity contribution in [3.05, 3.63) is 0 Å². The van der Waals surface area contributed by atoms with E-state index in [1.54, 1.807) is 0 Å². The smallest absolute Gasteiger partial charge is 0.243 e. The molecule has 0 fully saturated rings. The Morgan fingerprint density at radius 1 is 1.14 bits per heavy atom. The summed E-state index contributed by atoms with van der Waals surface area (Å²) in [5.41, 5.74) is 5.53. The fourth-order valence-electron chi connectivity index (χ4n) is 1.57. The van der Waals surface area contributed by atoms with Crippen LogP contribution in [0.2, 0.25) is 0 Å². The number of nitrogens with one attached hydrogen (secondary N) is 3. The highest BCUT2D eigenvalue weighted by Gasteiger charge is 2.26. The van der Waals surface area contributed by atoms with E-state index in [0.29, 0.717) is 6.42 Å². The van der Waals surface area contributed by atoms with Gasteiger partial charge in [-0.15, -0.1) is 0 Å². The van der Waals surface area contributed by atoms with Crippen LogP contribution in [0.1, 0.15) is 27.2 Å². The number of rotatable bonds is 8. The molecule has 0 aromatic rings. The van der Waals surface area contributed by atoms with E-state index in [9.17, 15) is 19.5 Å². The van der Waals surface area contributed by atoms with Gasteiger partial charge in [-0.1, -0.05) is 13.8 Å². The van der Waals surface area contributed by atoms with Gasteiger partial charge in [0.1, 0.15) is 12.1 Å². The number of amides is 3. The largest absolute Gasteiger partial charge is 0.391 e. The fraction of sp³-hybridized carbons (Fsp3) is 0.769. The van der Waals surface area contributed by atoms with Gasteiger partial charge in [-0.05, 0) is 19.3 Å². The minimum Gasteiger partial charge on any atom is -0.391 e. The molecular formula is C13H26N4O4. The van der Waals surface area contributed by atoms with E-state index < -0.39 is 30.0 Å². The Morgan fingerprint density at radius 2 is 1.71 bits per heavy atom. The zero-order valence-electron chi connectivity index (χ0n) is 13.0. The van der Waals surface area contributed by atoms with Crippen LogP contribution < -0.4 is 21.7 Å². The summed E-state index contributed by atoms with van der Waals surface area (Å²) in [6.07, 6.45) is -0.615. The molecule has 0 bridgehead atoms. The van der Waals surface area contributed by atoms with E-state index in [4.69, 9.17) is 5.73 Å². The van der Waals surface area contributed by atoms with Crippen LogP contribution in [0, 0.1) is 5.92 Å². The third-order valence-electron chi connectivity index (χ3n) is 2.86. The predicted octanol–water partition coefficient (Wildman–Crippen LogP) is -1.91. The highest BCUT2D eigenvalue weighted by molar-refractivity contribution is 5.91. The van der Waals surface area contributed by atoms with Gasteiger partial charge < -0.3 is 26.8 Å². The van der Waals surface area contributed by atoms with Crippen molar-refractivity contribution in [1.82, 2.24) is 16.0 Å². The number of nitrogens with two attached hydrogens (primary N) is 1. The van der Waals surface area contributed by atoms with E-state index in [-0.39, 0.29) is 18.4 Å². The molecule has 0 aromatic carbocycles. The van der Waals surface area contributed by atoms with Gasteiger partial charge in [0.15, 0.2) is 0 Å². The van der Waals surface area contributed by atoms with E-state index >= 15 is 0 Å². The first-order valence-corrected chi connectivity index (χ1v) is 6.91. The summed E-state index contributed by atoms with van der Waals surface area (Å²) in [5, 5.41) is 16.6. The lowest BCUT2D eigenvalue weighted by molar-refractivity contribution is -0.132.